The van der Waals surface area contributed by atoms with E-state index in [4.69, 9.17) is 4.74 Å². The number of aliphatic hydroxyl groups excluding tert-OH is 1. The molecule has 3 fully saturated rings. The van der Waals surface area contributed by atoms with E-state index in [1.807, 2.05) is 88.4 Å². The standard InChI is InChI=1S/C37H47N3O5/c1-7-21-38(24-27-17-13-10-14-18-27)32(42)29-30-33(43)40(28(25-41)23-26-15-11-9-12-16-26)31(37(30)20-19-36(29,6)45-37)34(44)39(22-8-2)35(3,4)5/h7-18,28-31,41H,1-2,19-25H2,3-6H3/t28-,29-,30+,31?,36+,37?/m1/s1. The van der Waals surface area contributed by atoms with Crippen LogP contribution in [0.4, 0.5) is 0 Å². The summed E-state index contributed by atoms with van der Waals surface area (Å²) >= 11 is 0. The van der Waals surface area contributed by atoms with Crippen molar-refractivity contribution in [3.8, 4) is 0 Å². The summed E-state index contributed by atoms with van der Waals surface area (Å²) in [5.41, 5.74) is -0.789. The van der Waals surface area contributed by atoms with Crippen molar-refractivity contribution in [3.05, 3.63) is 97.1 Å². The first-order valence-electron chi connectivity index (χ1n) is 15.9. The Morgan fingerprint density at radius 2 is 1.60 bits per heavy atom. The van der Waals surface area contributed by atoms with Gasteiger partial charge in [0.1, 0.15) is 11.6 Å². The number of hydrogen-bond donors (Lipinski definition) is 1. The quantitative estimate of drug-likeness (QED) is 0.359. The Hall–Kier alpha value is -3.75. The van der Waals surface area contributed by atoms with Crippen LogP contribution in [0.15, 0.2) is 86.0 Å². The average Bonchev–Trinajstić information content (AvgIpc) is 3.59. The van der Waals surface area contributed by atoms with Crippen LogP contribution in [0.2, 0.25) is 0 Å². The third-order valence-electron chi connectivity index (χ3n) is 9.90. The molecule has 1 N–H and O–H groups in total. The van der Waals surface area contributed by atoms with E-state index in [1.165, 1.54) is 0 Å². The van der Waals surface area contributed by atoms with Crippen LogP contribution in [-0.4, -0.2) is 86.0 Å². The molecule has 1 spiro atoms. The number of benzene rings is 2. The molecule has 2 aromatic carbocycles. The van der Waals surface area contributed by atoms with Crippen LogP contribution >= 0.6 is 0 Å². The fraction of sp³-hybridized carbons (Fsp3) is 0.486. The molecule has 2 unspecified atom stereocenters. The smallest absolute Gasteiger partial charge is 0.249 e. The van der Waals surface area contributed by atoms with Crippen molar-refractivity contribution < 1.29 is 24.2 Å². The number of aliphatic hydroxyl groups is 1. The number of hydrogen-bond acceptors (Lipinski definition) is 5. The number of amides is 3. The van der Waals surface area contributed by atoms with E-state index in [0.29, 0.717) is 32.4 Å². The van der Waals surface area contributed by atoms with Gasteiger partial charge in [-0.25, -0.2) is 0 Å². The molecular weight excluding hydrogens is 566 g/mol. The summed E-state index contributed by atoms with van der Waals surface area (Å²) in [5.74, 6) is -2.40. The van der Waals surface area contributed by atoms with Gasteiger partial charge < -0.3 is 24.5 Å². The summed E-state index contributed by atoms with van der Waals surface area (Å²) in [6, 6.07) is 17.7. The van der Waals surface area contributed by atoms with Crippen LogP contribution in [0, 0.1) is 11.8 Å². The van der Waals surface area contributed by atoms with Crippen molar-refractivity contribution >= 4 is 17.7 Å². The summed E-state index contributed by atoms with van der Waals surface area (Å²) in [4.78, 5) is 49.3. The van der Waals surface area contributed by atoms with Gasteiger partial charge in [-0.1, -0.05) is 72.8 Å². The molecule has 3 amide bonds. The molecule has 5 rings (SSSR count). The molecule has 0 aromatic heterocycles. The van der Waals surface area contributed by atoms with Gasteiger partial charge >= 0.3 is 0 Å². The molecule has 2 bridgehead atoms. The molecule has 8 heteroatoms. The van der Waals surface area contributed by atoms with Crippen molar-refractivity contribution in [2.75, 3.05) is 19.7 Å². The summed E-state index contributed by atoms with van der Waals surface area (Å²) < 4.78 is 6.91. The highest BCUT2D eigenvalue weighted by molar-refractivity contribution is 5.99. The van der Waals surface area contributed by atoms with Gasteiger partial charge in [0.25, 0.3) is 0 Å². The van der Waals surface area contributed by atoms with Crippen molar-refractivity contribution in [1.82, 2.24) is 14.7 Å². The number of carbonyl (C=O) groups is 3. The van der Waals surface area contributed by atoms with E-state index in [-0.39, 0.29) is 30.9 Å². The zero-order valence-electron chi connectivity index (χ0n) is 27.0. The maximum absolute atomic E-state index is 14.9. The second-order valence-electron chi connectivity index (χ2n) is 13.9. The minimum Gasteiger partial charge on any atom is -0.394 e. The number of ether oxygens (including phenoxy) is 1. The molecule has 3 aliphatic rings. The number of carbonyl (C=O) groups excluding carboxylic acids is 3. The lowest BCUT2D eigenvalue weighted by molar-refractivity contribution is -0.159. The number of nitrogens with zero attached hydrogens (tertiary/aromatic N) is 3. The van der Waals surface area contributed by atoms with E-state index in [9.17, 15) is 19.5 Å². The Bertz CT molecular complexity index is 1420. The van der Waals surface area contributed by atoms with Gasteiger partial charge in [-0.05, 0) is 58.1 Å². The first kappa shape index (κ1) is 32.6. The lowest BCUT2D eigenvalue weighted by Gasteiger charge is -2.43. The number of fused-ring (bicyclic) bond motifs is 1. The van der Waals surface area contributed by atoms with E-state index in [1.54, 1.807) is 26.9 Å². The first-order valence-corrected chi connectivity index (χ1v) is 15.9. The van der Waals surface area contributed by atoms with Crippen LogP contribution in [0.1, 0.15) is 51.7 Å². The summed E-state index contributed by atoms with van der Waals surface area (Å²) in [6.45, 7) is 16.2. The maximum atomic E-state index is 14.9. The van der Waals surface area contributed by atoms with Gasteiger partial charge in [0.15, 0.2) is 0 Å². The normalized spacial score (nSPS) is 27.6. The SMILES string of the molecule is C=CCN(Cc1ccccc1)C(=O)[C@H]1[C@H]2C(=O)N([C@@H](CO)Cc3ccccc3)C(C(=O)N(CC=C)C(C)(C)C)C23CC[C@]1(C)O3. The van der Waals surface area contributed by atoms with E-state index in [0.717, 1.165) is 11.1 Å². The van der Waals surface area contributed by atoms with Gasteiger partial charge in [0.2, 0.25) is 17.7 Å². The third kappa shape index (κ3) is 5.74. The van der Waals surface area contributed by atoms with Crippen LogP contribution in [0.5, 0.6) is 0 Å². The predicted octanol–water partition coefficient (Wildman–Crippen LogP) is 4.38. The maximum Gasteiger partial charge on any atom is 0.249 e. The Kier molecular flexibility index (Phi) is 9.11. The minimum atomic E-state index is -1.20. The topological polar surface area (TPSA) is 90.4 Å². The largest absolute Gasteiger partial charge is 0.394 e. The molecular formula is C37H47N3O5. The Morgan fingerprint density at radius 3 is 2.16 bits per heavy atom. The molecule has 3 aliphatic heterocycles. The van der Waals surface area contributed by atoms with Gasteiger partial charge in [-0.2, -0.15) is 0 Å². The average molecular weight is 614 g/mol. The molecule has 8 nitrogen and oxygen atoms in total. The Morgan fingerprint density at radius 1 is 1.00 bits per heavy atom. The molecule has 45 heavy (non-hydrogen) atoms. The lowest BCUT2D eigenvalue weighted by atomic mass is 9.66. The van der Waals surface area contributed by atoms with Crippen molar-refractivity contribution in [3.63, 3.8) is 0 Å². The third-order valence-corrected chi connectivity index (χ3v) is 9.90. The highest BCUT2D eigenvalue weighted by atomic mass is 16.5. The fourth-order valence-electron chi connectivity index (χ4n) is 7.91. The fourth-order valence-corrected chi connectivity index (χ4v) is 7.91. The van der Waals surface area contributed by atoms with E-state index < -0.39 is 40.7 Å². The van der Waals surface area contributed by atoms with Crippen LogP contribution in [-0.2, 0) is 32.1 Å². The Labute approximate surface area is 267 Å². The van der Waals surface area contributed by atoms with E-state index in [2.05, 4.69) is 13.2 Å². The molecule has 0 radical (unpaired) electrons. The lowest BCUT2D eigenvalue weighted by Crippen LogP contribution is -2.62. The predicted molar refractivity (Wildman–Crippen MR) is 174 cm³/mol. The highest BCUT2D eigenvalue weighted by Crippen LogP contribution is 2.64. The molecule has 3 saturated heterocycles. The van der Waals surface area contributed by atoms with E-state index >= 15 is 0 Å². The minimum absolute atomic E-state index is 0.184. The summed E-state index contributed by atoms with van der Waals surface area (Å²) in [6.07, 6.45) is 4.74. The molecule has 3 heterocycles. The monoisotopic (exact) mass is 613 g/mol. The first-order chi connectivity index (χ1) is 21.4. The second-order valence-corrected chi connectivity index (χ2v) is 13.9. The van der Waals surface area contributed by atoms with Crippen molar-refractivity contribution in [1.29, 1.82) is 0 Å². The highest BCUT2D eigenvalue weighted by Gasteiger charge is 2.79. The van der Waals surface area contributed by atoms with Crippen molar-refractivity contribution in [2.45, 2.75) is 82.3 Å². The van der Waals surface area contributed by atoms with Crippen LogP contribution in [0.3, 0.4) is 0 Å². The number of rotatable bonds is 12. The zero-order valence-corrected chi connectivity index (χ0v) is 27.0. The molecule has 240 valence electrons. The van der Waals surface area contributed by atoms with Gasteiger partial charge in [-0.15, -0.1) is 13.2 Å². The second kappa shape index (κ2) is 12.6. The van der Waals surface area contributed by atoms with Gasteiger partial charge in [0, 0.05) is 25.2 Å². The molecule has 0 saturated carbocycles. The van der Waals surface area contributed by atoms with Crippen LogP contribution < -0.4 is 0 Å². The summed E-state index contributed by atoms with van der Waals surface area (Å²) in [5, 5.41) is 10.8. The molecule has 6 atom stereocenters. The van der Waals surface area contributed by atoms with Crippen LogP contribution in [0.25, 0.3) is 0 Å². The zero-order chi connectivity index (χ0) is 32.6. The molecule has 0 aliphatic carbocycles. The number of likely N-dealkylation sites (tertiary alicyclic amines) is 1. The summed E-state index contributed by atoms with van der Waals surface area (Å²) in [7, 11) is 0. The van der Waals surface area contributed by atoms with Gasteiger partial charge in [-0.3, -0.25) is 14.4 Å². The van der Waals surface area contributed by atoms with Gasteiger partial charge in [0.05, 0.1) is 30.1 Å². The van der Waals surface area contributed by atoms with Crippen molar-refractivity contribution in [2.24, 2.45) is 11.8 Å². The molecule has 2 aromatic rings. The Balaban J connectivity index is 1.60.